The summed E-state index contributed by atoms with van der Waals surface area (Å²) in [5.74, 6) is -0.859. The lowest BCUT2D eigenvalue weighted by atomic mass is 9.94. The van der Waals surface area contributed by atoms with Gasteiger partial charge in [0.2, 0.25) is 5.13 Å². The number of anilines is 1. The van der Waals surface area contributed by atoms with Crippen LogP contribution in [0.1, 0.15) is 72.5 Å². The van der Waals surface area contributed by atoms with Crippen molar-refractivity contribution in [2.45, 2.75) is 64.7 Å². The molecule has 2 aromatic carbocycles. The first-order valence-corrected chi connectivity index (χ1v) is 16.6. The van der Waals surface area contributed by atoms with E-state index < -0.39 is 42.8 Å². The predicted octanol–water partition coefficient (Wildman–Crippen LogP) is 8.79. The number of carbonyl (C=O) groups is 1. The fourth-order valence-electron chi connectivity index (χ4n) is 4.90. The quantitative estimate of drug-likeness (QED) is 0.0699. The van der Waals surface area contributed by atoms with Crippen molar-refractivity contribution in [3.8, 4) is 21.8 Å². The Morgan fingerprint density at radius 2 is 1.73 bits per heavy atom. The summed E-state index contributed by atoms with van der Waals surface area (Å²) in [6.45, 7) is 1.45. The molecule has 2 heterocycles. The van der Waals surface area contributed by atoms with E-state index in [0.29, 0.717) is 17.8 Å². The molecular formula is C31H32F4N3O5PS. The number of halogens is 4. The van der Waals surface area contributed by atoms with Crippen molar-refractivity contribution in [3.05, 3.63) is 88.3 Å². The van der Waals surface area contributed by atoms with E-state index in [2.05, 4.69) is 26.7 Å². The Morgan fingerprint density at radius 3 is 2.42 bits per heavy atom. The van der Waals surface area contributed by atoms with Crippen molar-refractivity contribution in [2.24, 2.45) is 0 Å². The van der Waals surface area contributed by atoms with Gasteiger partial charge < -0.3 is 15.1 Å². The van der Waals surface area contributed by atoms with Crippen LogP contribution in [0.5, 0.6) is 0 Å². The topological polar surface area (TPSA) is 122 Å². The molecule has 4 rings (SSSR count). The molecule has 0 aliphatic heterocycles. The fourth-order valence-corrected chi connectivity index (χ4v) is 6.09. The van der Waals surface area contributed by atoms with Crippen LogP contribution in [0.2, 0.25) is 0 Å². The molecule has 0 aliphatic rings. The normalized spacial score (nSPS) is 12.0. The number of thiazole rings is 1. The molecule has 4 aromatic rings. The van der Waals surface area contributed by atoms with Crippen molar-refractivity contribution in [2.75, 3.05) is 5.32 Å². The van der Waals surface area contributed by atoms with Crippen LogP contribution in [0.25, 0.3) is 21.8 Å². The van der Waals surface area contributed by atoms with Gasteiger partial charge in [0.1, 0.15) is 10.7 Å². The number of hydrogen-bond acceptors (Lipinski definition) is 6. The van der Waals surface area contributed by atoms with E-state index in [1.54, 1.807) is 6.07 Å². The third kappa shape index (κ3) is 9.27. The average Bonchev–Trinajstić information content (AvgIpc) is 3.38. The fraction of sp³-hybridized carbons (Fsp3) is 0.323. The summed E-state index contributed by atoms with van der Waals surface area (Å²) in [7, 11) is -4.88. The summed E-state index contributed by atoms with van der Waals surface area (Å²) in [5, 5.41) is 1.41. The molecule has 0 aliphatic carbocycles. The lowest BCUT2D eigenvalue weighted by molar-refractivity contribution is -0.137. The van der Waals surface area contributed by atoms with Crippen LogP contribution >= 0.6 is 19.2 Å². The first kappa shape index (κ1) is 34.4. The standard InChI is InChI=1S/C31H32F4N3O5PS/c1-2-3-4-5-6-7-11-20-15-16-24(37-29(39)23-14-9-8-12-22(23)19-43-44(40,41)42)25(26(20)31(33,34)35)30-38-27(28(32)45-30)21-13-10-17-36-18-21/h8-10,12-18H,2-7,11,19H2,1H3,(H,37,39)(H2,40,41,42). The van der Waals surface area contributed by atoms with Gasteiger partial charge in [-0.05, 0) is 48.2 Å². The van der Waals surface area contributed by atoms with Gasteiger partial charge in [-0.2, -0.15) is 17.6 Å². The lowest BCUT2D eigenvalue weighted by Gasteiger charge is -2.20. The number of carbonyl (C=O) groups excluding carboxylic acids is 1. The average molecular weight is 666 g/mol. The number of nitrogens with one attached hydrogen (secondary N) is 1. The molecule has 8 nitrogen and oxygen atoms in total. The van der Waals surface area contributed by atoms with Crippen LogP contribution < -0.4 is 5.32 Å². The molecule has 0 radical (unpaired) electrons. The van der Waals surface area contributed by atoms with Gasteiger partial charge in [-0.1, -0.05) is 74.6 Å². The van der Waals surface area contributed by atoms with Gasteiger partial charge >= 0.3 is 14.0 Å². The van der Waals surface area contributed by atoms with Crippen LogP contribution in [0.15, 0.2) is 60.9 Å². The second kappa shape index (κ2) is 15.2. The highest BCUT2D eigenvalue weighted by Gasteiger charge is 2.39. The van der Waals surface area contributed by atoms with Crippen LogP contribution in [-0.4, -0.2) is 25.7 Å². The van der Waals surface area contributed by atoms with E-state index in [4.69, 9.17) is 9.79 Å². The van der Waals surface area contributed by atoms with Crippen molar-refractivity contribution in [1.82, 2.24) is 9.97 Å². The SMILES string of the molecule is CCCCCCCCc1ccc(NC(=O)c2ccccc2COP(=O)(O)O)c(-c2nc(-c3cccnc3)c(F)s2)c1C(F)(F)F. The van der Waals surface area contributed by atoms with Gasteiger partial charge in [0.25, 0.3) is 5.91 Å². The maximum Gasteiger partial charge on any atom is 0.469 e. The Balaban J connectivity index is 1.79. The zero-order valence-electron chi connectivity index (χ0n) is 24.3. The van der Waals surface area contributed by atoms with Crippen LogP contribution in [0.3, 0.4) is 0 Å². The minimum atomic E-state index is -4.88. The zero-order valence-corrected chi connectivity index (χ0v) is 26.0. The number of hydrogen-bond donors (Lipinski definition) is 3. The first-order valence-electron chi connectivity index (χ1n) is 14.3. The molecule has 1 amide bonds. The van der Waals surface area contributed by atoms with Gasteiger partial charge in [0.05, 0.1) is 17.9 Å². The Bertz CT molecular complexity index is 1660. The summed E-state index contributed by atoms with van der Waals surface area (Å²) in [4.78, 5) is 39.8. The molecule has 14 heteroatoms. The molecule has 0 atom stereocenters. The molecule has 0 saturated heterocycles. The Labute approximate surface area is 261 Å². The molecule has 240 valence electrons. The second-order valence-electron chi connectivity index (χ2n) is 10.3. The van der Waals surface area contributed by atoms with E-state index in [-0.39, 0.29) is 45.1 Å². The molecular weight excluding hydrogens is 633 g/mol. The van der Waals surface area contributed by atoms with Crippen molar-refractivity contribution in [1.29, 1.82) is 0 Å². The highest BCUT2D eigenvalue weighted by molar-refractivity contribution is 7.46. The number of aromatic nitrogens is 2. The molecule has 0 unspecified atom stereocenters. The van der Waals surface area contributed by atoms with E-state index in [0.717, 1.165) is 32.1 Å². The van der Waals surface area contributed by atoms with E-state index in [1.165, 1.54) is 54.9 Å². The highest BCUT2D eigenvalue weighted by Crippen LogP contribution is 2.46. The number of rotatable bonds is 14. The summed E-state index contributed by atoms with van der Waals surface area (Å²) < 4.78 is 75.7. The molecule has 0 spiro atoms. The summed E-state index contributed by atoms with van der Waals surface area (Å²) in [6, 6.07) is 11.5. The number of aryl methyl sites for hydroxylation is 1. The molecule has 3 N–H and O–H groups in total. The van der Waals surface area contributed by atoms with Crippen molar-refractivity contribution < 1.29 is 41.2 Å². The van der Waals surface area contributed by atoms with Crippen LogP contribution in [0.4, 0.5) is 23.2 Å². The number of alkyl halides is 3. The third-order valence-corrected chi connectivity index (χ3v) is 8.33. The first-order chi connectivity index (χ1) is 21.4. The summed E-state index contributed by atoms with van der Waals surface area (Å²) in [6.07, 6.45) is 3.31. The van der Waals surface area contributed by atoms with E-state index in [9.17, 15) is 22.5 Å². The maximum atomic E-state index is 15.2. The number of nitrogens with zero attached hydrogens (tertiary/aromatic N) is 2. The number of phosphoric acid groups is 1. The van der Waals surface area contributed by atoms with Crippen molar-refractivity contribution >= 4 is 30.8 Å². The number of phosphoric ester groups is 1. The van der Waals surface area contributed by atoms with Gasteiger partial charge in [-0.25, -0.2) is 9.55 Å². The Hall–Kier alpha value is -3.48. The molecule has 0 fully saturated rings. The minimum absolute atomic E-state index is 0.0000271. The smallest absolute Gasteiger partial charge is 0.321 e. The number of pyridine rings is 1. The lowest BCUT2D eigenvalue weighted by Crippen LogP contribution is -2.18. The molecule has 0 bridgehead atoms. The van der Waals surface area contributed by atoms with Crippen LogP contribution in [0, 0.1) is 5.13 Å². The summed E-state index contributed by atoms with van der Waals surface area (Å²) in [5.41, 5.74) is -1.62. The molecule has 0 saturated carbocycles. The second-order valence-corrected chi connectivity index (χ2v) is 12.5. The third-order valence-electron chi connectivity index (χ3n) is 7.01. The maximum absolute atomic E-state index is 15.2. The highest BCUT2D eigenvalue weighted by atomic mass is 32.1. The largest absolute Gasteiger partial charge is 0.469 e. The van der Waals surface area contributed by atoms with E-state index in [1.807, 2.05) is 0 Å². The molecule has 45 heavy (non-hydrogen) atoms. The monoisotopic (exact) mass is 665 g/mol. The van der Waals surface area contributed by atoms with Gasteiger partial charge in [0.15, 0.2) is 0 Å². The Kier molecular flexibility index (Phi) is 11.6. The predicted molar refractivity (Wildman–Crippen MR) is 164 cm³/mol. The van der Waals surface area contributed by atoms with Gasteiger partial charge in [-0.3, -0.25) is 14.3 Å². The minimum Gasteiger partial charge on any atom is -0.321 e. The van der Waals surface area contributed by atoms with Gasteiger partial charge in [-0.15, -0.1) is 0 Å². The van der Waals surface area contributed by atoms with Crippen LogP contribution in [-0.2, 0) is 28.3 Å². The number of amides is 1. The zero-order chi connectivity index (χ0) is 32.6. The Morgan fingerprint density at radius 1 is 1.00 bits per heavy atom. The van der Waals surface area contributed by atoms with Gasteiger partial charge in [0, 0.05) is 29.1 Å². The molecule has 2 aromatic heterocycles. The number of benzene rings is 2. The summed E-state index contributed by atoms with van der Waals surface area (Å²) >= 11 is 0.426. The van der Waals surface area contributed by atoms with E-state index >= 15 is 4.39 Å². The van der Waals surface area contributed by atoms with Crippen molar-refractivity contribution in [3.63, 3.8) is 0 Å². The number of unbranched alkanes of at least 4 members (excludes halogenated alkanes) is 5.